The van der Waals surface area contributed by atoms with Crippen molar-refractivity contribution in [3.8, 4) is 5.75 Å². The number of hydrogen-bond acceptors (Lipinski definition) is 5. The summed E-state index contributed by atoms with van der Waals surface area (Å²) in [6.45, 7) is 2.59. The van der Waals surface area contributed by atoms with Crippen LogP contribution in [0.3, 0.4) is 0 Å². The van der Waals surface area contributed by atoms with E-state index in [4.69, 9.17) is 10.5 Å². The second-order valence-corrected chi connectivity index (χ2v) is 5.62. The Hall–Kier alpha value is -1.73. The molecule has 2 aromatic rings. The topological polar surface area (TPSA) is 93.0 Å². The highest BCUT2D eigenvalue weighted by Gasteiger charge is 2.12. The summed E-state index contributed by atoms with van der Waals surface area (Å²) in [4.78, 5) is 18.9. The van der Waals surface area contributed by atoms with E-state index in [0.717, 1.165) is 27.7 Å². The number of fused-ring (bicyclic) bond motifs is 1. The van der Waals surface area contributed by atoms with Gasteiger partial charge < -0.3 is 20.8 Å². The van der Waals surface area contributed by atoms with Crippen molar-refractivity contribution in [1.29, 1.82) is 0 Å². The van der Waals surface area contributed by atoms with Crippen LogP contribution in [0.25, 0.3) is 11.0 Å². The predicted octanol–water partition coefficient (Wildman–Crippen LogP) is 1.52. The number of nitrogens with zero attached hydrogens (tertiary/aromatic N) is 1. The first-order valence-electron chi connectivity index (χ1n) is 6.86. The molecule has 0 saturated carbocycles. The lowest BCUT2D eigenvalue weighted by Gasteiger charge is -2.10. The third-order valence-corrected chi connectivity index (χ3v) is 3.99. The maximum Gasteiger partial charge on any atom is 0.234 e. The van der Waals surface area contributed by atoms with E-state index in [0.29, 0.717) is 13.0 Å². The Morgan fingerprint density at radius 1 is 1.57 bits per heavy atom. The van der Waals surface area contributed by atoms with Crippen LogP contribution in [0.2, 0.25) is 0 Å². The van der Waals surface area contributed by atoms with Crippen LogP contribution >= 0.6 is 11.8 Å². The van der Waals surface area contributed by atoms with Crippen LogP contribution < -0.4 is 15.8 Å². The number of H-pyrrole nitrogens is 1. The lowest BCUT2D eigenvalue weighted by Crippen LogP contribution is -2.39. The normalized spacial score (nSPS) is 12.5. The van der Waals surface area contributed by atoms with Gasteiger partial charge in [0.25, 0.3) is 0 Å². The van der Waals surface area contributed by atoms with Gasteiger partial charge in [0.15, 0.2) is 5.16 Å². The fourth-order valence-electron chi connectivity index (χ4n) is 1.99. The molecule has 0 aliphatic carbocycles. The summed E-state index contributed by atoms with van der Waals surface area (Å²) in [7, 11) is 1.73. The number of thioether (sulfide) groups is 1. The number of aromatic nitrogens is 2. The van der Waals surface area contributed by atoms with Crippen molar-refractivity contribution in [2.75, 3.05) is 19.4 Å². The Morgan fingerprint density at radius 3 is 3.05 bits per heavy atom. The molecule has 4 N–H and O–H groups in total. The summed E-state index contributed by atoms with van der Waals surface area (Å²) in [5.41, 5.74) is 7.14. The number of nitrogens with two attached hydrogens (primary N) is 1. The minimum Gasteiger partial charge on any atom is -0.494 e. The summed E-state index contributed by atoms with van der Waals surface area (Å²) in [6, 6.07) is 5.48. The first kappa shape index (κ1) is 15.7. The van der Waals surface area contributed by atoms with E-state index >= 15 is 0 Å². The highest BCUT2D eigenvalue weighted by atomic mass is 32.2. The van der Waals surface area contributed by atoms with Gasteiger partial charge in [0, 0.05) is 11.8 Å². The molecule has 114 valence electrons. The quantitative estimate of drug-likeness (QED) is 0.643. The monoisotopic (exact) mass is 308 g/mol. The lowest BCUT2D eigenvalue weighted by atomic mass is 10.2. The molecule has 21 heavy (non-hydrogen) atoms. The standard InChI is InChI=1S/C14H20N4O2S/c1-3-20-9-4-5-10-12(8-9)18-14(17-10)21-7-6-11(16-2)13(15)19/h4-5,8,11,16H,3,6-7H2,1-2H3,(H2,15,19)(H,17,18). The van der Waals surface area contributed by atoms with Crippen molar-refractivity contribution in [2.24, 2.45) is 5.73 Å². The third kappa shape index (κ3) is 4.12. The Bertz CT molecular complexity index is 614. The molecule has 0 saturated heterocycles. The Balaban J connectivity index is 1.98. The lowest BCUT2D eigenvalue weighted by molar-refractivity contribution is -0.119. The second-order valence-electron chi connectivity index (χ2n) is 4.53. The van der Waals surface area contributed by atoms with Gasteiger partial charge in [0.05, 0.1) is 23.7 Å². The molecule has 0 fully saturated rings. The van der Waals surface area contributed by atoms with E-state index in [-0.39, 0.29) is 11.9 Å². The van der Waals surface area contributed by atoms with Crippen LogP contribution in [0.1, 0.15) is 13.3 Å². The van der Waals surface area contributed by atoms with Crippen molar-refractivity contribution < 1.29 is 9.53 Å². The molecule has 0 bridgehead atoms. The number of imidazole rings is 1. The number of amides is 1. The summed E-state index contributed by atoms with van der Waals surface area (Å²) >= 11 is 1.57. The highest BCUT2D eigenvalue weighted by molar-refractivity contribution is 7.99. The molecule has 1 atom stereocenters. The average Bonchev–Trinajstić information content (AvgIpc) is 2.85. The number of likely N-dealkylation sites (N-methyl/N-ethyl adjacent to an activating group) is 1. The van der Waals surface area contributed by atoms with Crippen LogP contribution in [0, 0.1) is 0 Å². The molecule has 0 radical (unpaired) electrons. The Morgan fingerprint density at radius 2 is 2.38 bits per heavy atom. The average molecular weight is 308 g/mol. The number of carbonyl (C=O) groups is 1. The van der Waals surface area contributed by atoms with Gasteiger partial charge in [-0.2, -0.15) is 0 Å². The fraction of sp³-hybridized carbons (Fsp3) is 0.429. The molecule has 0 spiro atoms. The maximum absolute atomic E-state index is 11.1. The van der Waals surface area contributed by atoms with Crippen LogP contribution in [0.15, 0.2) is 23.4 Å². The smallest absolute Gasteiger partial charge is 0.234 e. The zero-order chi connectivity index (χ0) is 15.2. The molecule has 0 aliphatic heterocycles. The van der Waals surface area contributed by atoms with Crippen molar-refractivity contribution >= 4 is 28.7 Å². The Labute approximate surface area is 127 Å². The van der Waals surface area contributed by atoms with Gasteiger partial charge in [0.2, 0.25) is 5.91 Å². The summed E-state index contributed by atoms with van der Waals surface area (Å²) in [6.07, 6.45) is 0.664. The van der Waals surface area contributed by atoms with Gasteiger partial charge >= 0.3 is 0 Å². The molecule has 0 aliphatic rings. The number of rotatable bonds is 8. The summed E-state index contributed by atoms with van der Waals surface area (Å²) in [5, 5.41) is 3.73. The van der Waals surface area contributed by atoms with Gasteiger partial charge in [-0.3, -0.25) is 4.79 Å². The van der Waals surface area contributed by atoms with E-state index in [1.54, 1.807) is 18.8 Å². The second kappa shape index (κ2) is 7.33. The van der Waals surface area contributed by atoms with Crippen molar-refractivity contribution in [1.82, 2.24) is 15.3 Å². The highest BCUT2D eigenvalue weighted by Crippen LogP contribution is 2.23. The van der Waals surface area contributed by atoms with E-state index in [2.05, 4.69) is 15.3 Å². The first-order chi connectivity index (χ1) is 10.1. The third-order valence-electron chi connectivity index (χ3n) is 3.08. The van der Waals surface area contributed by atoms with Crippen LogP contribution in [-0.2, 0) is 4.79 Å². The molecular formula is C14H20N4O2S. The van der Waals surface area contributed by atoms with E-state index in [1.165, 1.54) is 0 Å². The van der Waals surface area contributed by atoms with Gasteiger partial charge in [-0.1, -0.05) is 11.8 Å². The van der Waals surface area contributed by atoms with Crippen molar-refractivity contribution in [3.05, 3.63) is 18.2 Å². The molecule has 1 unspecified atom stereocenters. The molecular weight excluding hydrogens is 288 g/mol. The minimum absolute atomic E-state index is 0.300. The van der Waals surface area contributed by atoms with E-state index < -0.39 is 0 Å². The van der Waals surface area contributed by atoms with Gasteiger partial charge in [0.1, 0.15) is 5.75 Å². The molecule has 1 aromatic carbocycles. The number of primary amides is 1. The van der Waals surface area contributed by atoms with E-state index in [1.807, 2.05) is 25.1 Å². The first-order valence-corrected chi connectivity index (χ1v) is 7.84. The molecule has 1 heterocycles. The summed E-state index contributed by atoms with van der Waals surface area (Å²) in [5.74, 6) is 1.25. The molecule has 1 amide bonds. The van der Waals surface area contributed by atoms with Crippen LogP contribution in [-0.4, -0.2) is 41.3 Å². The van der Waals surface area contributed by atoms with Gasteiger partial charge in [-0.05, 0) is 32.5 Å². The molecule has 7 heteroatoms. The van der Waals surface area contributed by atoms with Gasteiger partial charge in [-0.15, -0.1) is 0 Å². The van der Waals surface area contributed by atoms with Crippen molar-refractivity contribution in [2.45, 2.75) is 24.5 Å². The SMILES string of the molecule is CCOc1ccc2nc(SCCC(NC)C(N)=O)[nH]c2c1. The van der Waals surface area contributed by atoms with Gasteiger partial charge in [-0.25, -0.2) is 4.98 Å². The number of benzene rings is 1. The number of nitrogens with one attached hydrogen (secondary N) is 2. The molecule has 6 nitrogen and oxygen atoms in total. The molecule has 1 aromatic heterocycles. The number of carbonyl (C=O) groups excluding carboxylic acids is 1. The Kier molecular flexibility index (Phi) is 5.46. The summed E-state index contributed by atoms with van der Waals surface area (Å²) < 4.78 is 5.46. The molecule has 2 rings (SSSR count). The van der Waals surface area contributed by atoms with Crippen LogP contribution in [0.5, 0.6) is 5.75 Å². The maximum atomic E-state index is 11.1. The van der Waals surface area contributed by atoms with Crippen LogP contribution in [0.4, 0.5) is 0 Å². The largest absolute Gasteiger partial charge is 0.494 e. The minimum atomic E-state index is -0.330. The number of aromatic amines is 1. The van der Waals surface area contributed by atoms with E-state index in [9.17, 15) is 4.79 Å². The van der Waals surface area contributed by atoms with Crippen molar-refractivity contribution in [3.63, 3.8) is 0 Å². The fourth-order valence-corrected chi connectivity index (χ4v) is 2.88. The zero-order valence-corrected chi connectivity index (χ0v) is 13.0. The number of hydrogen-bond donors (Lipinski definition) is 3. The predicted molar refractivity (Wildman–Crippen MR) is 84.6 cm³/mol. The zero-order valence-electron chi connectivity index (χ0n) is 12.2. The number of ether oxygens (including phenoxy) is 1.